The topological polar surface area (TPSA) is 24.5 Å². The minimum atomic E-state index is 0.639. The van der Waals surface area contributed by atoms with Gasteiger partial charge in [0.25, 0.3) is 0 Å². The van der Waals surface area contributed by atoms with E-state index < -0.39 is 0 Å². The maximum absolute atomic E-state index is 5.59. The second-order valence-electron chi connectivity index (χ2n) is 5.36. The van der Waals surface area contributed by atoms with Gasteiger partial charge < -0.3 is 10.1 Å². The molecule has 1 rings (SSSR count). The van der Waals surface area contributed by atoms with Crippen LogP contribution < -0.4 is 5.32 Å². The molecule has 0 spiro atoms. The molecule has 0 amide bonds. The number of piperazine rings is 1. The van der Waals surface area contributed by atoms with Crippen molar-refractivity contribution in [3.05, 3.63) is 0 Å². The van der Waals surface area contributed by atoms with E-state index in [0.717, 1.165) is 38.6 Å². The Morgan fingerprint density at radius 1 is 1.35 bits per heavy atom. The molecule has 1 N–H and O–H groups in total. The highest BCUT2D eigenvalue weighted by molar-refractivity contribution is 4.86. The average Bonchev–Trinajstić information content (AvgIpc) is 2.35. The Morgan fingerprint density at radius 2 is 2.12 bits per heavy atom. The molecular weight excluding hydrogens is 212 g/mol. The molecule has 3 heteroatoms. The van der Waals surface area contributed by atoms with E-state index in [2.05, 4.69) is 37.9 Å². The number of rotatable bonds is 7. The molecule has 0 saturated carbocycles. The number of nitrogens with one attached hydrogen (secondary N) is 1. The Labute approximate surface area is 107 Å². The first-order valence-corrected chi connectivity index (χ1v) is 7.24. The molecule has 3 unspecified atom stereocenters. The zero-order valence-electron chi connectivity index (χ0n) is 12.0. The normalized spacial score (nSPS) is 28.2. The highest BCUT2D eigenvalue weighted by atomic mass is 16.5. The van der Waals surface area contributed by atoms with Gasteiger partial charge in [0.2, 0.25) is 0 Å². The number of ether oxygens (including phenoxy) is 1. The van der Waals surface area contributed by atoms with Crippen molar-refractivity contribution >= 4 is 0 Å². The molecule has 0 bridgehead atoms. The fourth-order valence-corrected chi connectivity index (χ4v) is 2.35. The summed E-state index contributed by atoms with van der Waals surface area (Å²) in [6, 6.07) is 1.29. The van der Waals surface area contributed by atoms with Crippen LogP contribution in [0.4, 0.5) is 0 Å². The van der Waals surface area contributed by atoms with Gasteiger partial charge in [-0.1, -0.05) is 27.2 Å². The molecule has 0 radical (unpaired) electrons. The summed E-state index contributed by atoms with van der Waals surface area (Å²) in [6.45, 7) is 14.2. The van der Waals surface area contributed by atoms with Crippen molar-refractivity contribution in [1.29, 1.82) is 0 Å². The van der Waals surface area contributed by atoms with Crippen LogP contribution in [0, 0.1) is 5.92 Å². The Bertz CT molecular complexity index is 199. The van der Waals surface area contributed by atoms with Gasteiger partial charge in [0.15, 0.2) is 0 Å². The average molecular weight is 242 g/mol. The van der Waals surface area contributed by atoms with E-state index in [1.807, 2.05) is 0 Å². The van der Waals surface area contributed by atoms with Gasteiger partial charge in [0, 0.05) is 38.3 Å². The Kier molecular flexibility index (Phi) is 7.09. The van der Waals surface area contributed by atoms with Gasteiger partial charge >= 0.3 is 0 Å². The van der Waals surface area contributed by atoms with Gasteiger partial charge in [0.1, 0.15) is 0 Å². The van der Waals surface area contributed by atoms with Crippen LogP contribution in [0.3, 0.4) is 0 Å². The summed E-state index contributed by atoms with van der Waals surface area (Å²) in [7, 11) is 0. The standard InChI is InChI=1S/C14H30N2O/c1-5-8-17-9-7-16-11-14(12(3)6-2)15-10-13(16)4/h12-15H,5-11H2,1-4H3. The van der Waals surface area contributed by atoms with E-state index in [1.54, 1.807) is 0 Å². The van der Waals surface area contributed by atoms with E-state index in [9.17, 15) is 0 Å². The summed E-state index contributed by atoms with van der Waals surface area (Å²) in [5, 5.41) is 3.67. The van der Waals surface area contributed by atoms with Crippen LogP contribution in [0.25, 0.3) is 0 Å². The van der Waals surface area contributed by atoms with Gasteiger partial charge in [0.05, 0.1) is 6.61 Å². The number of hydrogen-bond acceptors (Lipinski definition) is 3. The van der Waals surface area contributed by atoms with Crippen LogP contribution in [0.2, 0.25) is 0 Å². The van der Waals surface area contributed by atoms with Crippen molar-refractivity contribution in [2.45, 2.75) is 52.6 Å². The van der Waals surface area contributed by atoms with Crippen LogP contribution in [-0.4, -0.2) is 49.8 Å². The maximum atomic E-state index is 5.59. The van der Waals surface area contributed by atoms with Gasteiger partial charge in [-0.05, 0) is 19.3 Å². The van der Waals surface area contributed by atoms with Crippen LogP contribution >= 0.6 is 0 Å². The van der Waals surface area contributed by atoms with Gasteiger partial charge in [-0.25, -0.2) is 0 Å². The van der Waals surface area contributed by atoms with E-state index in [1.165, 1.54) is 13.0 Å². The predicted octanol–water partition coefficient (Wildman–Crippen LogP) is 2.12. The van der Waals surface area contributed by atoms with Crippen molar-refractivity contribution in [2.75, 3.05) is 32.8 Å². The number of hydrogen-bond donors (Lipinski definition) is 1. The van der Waals surface area contributed by atoms with Crippen molar-refractivity contribution in [3.63, 3.8) is 0 Å². The summed E-state index contributed by atoms with van der Waals surface area (Å²) in [5.74, 6) is 0.765. The van der Waals surface area contributed by atoms with Crippen molar-refractivity contribution in [2.24, 2.45) is 5.92 Å². The predicted molar refractivity (Wildman–Crippen MR) is 73.4 cm³/mol. The fraction of sp³-hybridized carbons (Fsp3) is 1.00. The Balaban J connectivity index is 2.30. The number of nitrogens with zero attached hydrogens (tertiary/aromatic N) is 1. The second-order valence-corrected chi connectivity index (χ2v) is 5.36. The molecule has 3 nitrogen and oxygen atoms in total. The van der Waals surface area contributed by atoms with Gasteiger partial charge in [-0.15, -0.1) is 0 Å². The maximum Gasteiger partial charge on any atom is 0.0593 e. The highest BCUT2D eigenvalue weighted by Gasteiger charge is 2.27. The Hall–Kier alpha value is -0.120. The molecule has 0 aliphatic carbocycles. The van der Waals surface area contributed by atoms with E-state index in [4.69, 9.17) is 4.74 Å². The van der Waals surface area contributed by atoms with Crippen LogP contribution in [0.15, 0.2) is 0 Å². The van der Waals surface area contributed by atoms with E-state index in [-0.39, 0.29) is 0 Å². The molecule has 1 heterocycles. The molecule has 0 aromatic heterocycles. The summed E-state index contributed by atoms with van der Waals surface area (Å²) >= 11 is 0. The van der Waals surface area contributed by atoms with Crippen LogP contribution in [0.5, 0.6) is 0 Å². The third-order valence-electron chi connectivity index (χ3n) is 3.93. The fourth-order valence-electron chi connectivity index (χ4n) is 2.35. The molecule has 17 heavy (non-hydrogen) atoms. The largest absolute Gasteiger partial charge is 0.380 e. The summed E-state index contributed by atoms with van der Waals surface area (Å²) in [4.78, 5) is 2.57. The molecule has 102 valence electrons. The third-order valence-corrected chi connectivity index (χ3v) is 3.93. The molecule has 0 aromatic rings. The molecule has 1 saturated heterocycles. The van der Waals surface area contributed by atoms with Crippen LogP contribution in [-0.2, 0) is 4.74 Å². The zero-order valence-corrected chi connectivity index (χ0v) is 12.0. The molecule has 1 aliphatic heterocycles. The zero-order chi connectivity index (χ0) is 12.7. The summed E-state index contributed by atoms with van der Waals surface area (Å²) in [6.07, 6.45) is 2.37. The van der Waals surface area contributed by atoms with Crippen molar-refractivity contribution in [1.82, 2.24) is 10.2 Å². The lowest BCUT2D eigenvalue weighted by Gasteiger charge is -2.40. The lowest BCUT2D eigenvalue weighted by molar-refractivity contribution is 0.0626. The quantitative estimate of drug-likeness (QED) is 0.692. The first-order valence-electron chi connectivity index (χ1n) is 7.24. The third kappa shape index (κ3) is 4.94. The SMILES string of the molecule is CCCOCCN1CC(C(C)CC)NCC1C. The monoisotopic (exact) mass is 242 g/mol. The first kappa shape index (κ1) is 14.9. The van der Waals surface area contributed by atoms with Gasteiger partial charge in [-0.3, -0.25) is 4.90 Å². The second kappa shape index (κ2) is 8.06. The highest BCUT2D eigenvalue weighted by Crippen LogP contribution is 2.15. The molecule has 1 fully saturated rings. The minimum absolute atomic E-state index is 0.639. The summed E-state index contributed by atoms with van der Waals surface area (Å²) in [5.41, 5.74) is 0. The van der Waals surface area contributed by atoms with E-state index in [0.29, 0.717) is 12.1 Å². The molecule has 1 aliphatic rings. The van der Waals surface area contributed by atoms with Gasteiger partial charge in [-0.2, -0.15) is 0 Å². The lowest BCUT2D eigenvalue weighted by Crippen LogP contribution is -2.57. The molecular formula is C14H30N2O. The first-order chi connectivity index (χ1) is 8.19. The van der Waals surface area contributed by atoms with Crippen LogP contribution in [0.1, 0.15) is 40.5 Å². The minimum Gasteiger partial charge on any atom is -0.380 e. The Morgan fingerprint density at radius 3 is 2.76 bits per heavy atom. The lowest BCUT2D eigenvalue weighted by atomic mass is 9.96. The summed E-state index contributed by atoms with van der Waals surface area (Å²) < 4.78 is 5.59. The van der Waals surface area contributed by atoms with Crippen molar-refractivity contribution in [3.8, 4) is 0 Å². The van der Waals surface area contributed by atoms with Crippen molar-refractivity contribution < 1.29 is 4.74 Å². The molecule has 0 aromatic carbocycles. The smallest absolute Gasteiger partial charge is 0.0593 e. The van der Waals surface area contributed by atoms with E-state index >= 15 is 0 Å². The molecule has 3 atom stereocenters.